The fourth-order valence-corrected chi connectivity index (χ4v) is 3.61. The van der Waals surface area contributed by atoms with E-state index in [1.165, 1.54) is 12.1 Å². The second-order valence-electron chi connectivity index (χ2n) is 6.89. The first kappa shape index (κ1) is 19.2. The van der Waals surface area contributed by atoms with Gasteiger partial charge in [0.1, 0.15) is 5.82 Å². The van der Waals surface area contributed by atoms with Crippen LogP contribution in [0, 0.1) is 5.82 Å². The molecule has 1 aliphatic heterocycles. The third kappa shape index (κ3) is 4.80. The monoisotopic (exact) mass is 368 g/mol. The number of piperidine rings is 1. The number of likely N-dealkylation sites (tertiary alicyclic amines) is 1. The Kier molecular flexibility index (Phi) is 6.35. The van der Waals surface area contributed by atoms with E-state index in [0.717, 1.165) is 31.6 Å². The van der Waals surface area contributed by atoms with Crippen LogP contribution in [0.5, 0.6) is 0 Å². The zero-order valence-electron chi connectivity index (χ0n) is 15.6. The zero-order chi connectivity index (χ0) is 19.2. The number of hydrogen-bond acceptors (Lipinski definition) is 3. The highest BCUT2D eigenvalue weighted by Crippen LogP contribution is 2.24. The van der Waals surface area contributed by atoms with Crippen molar-refractivity contribution in [1.82, 2.24) is 4.90 Å². The van der Waals surface area contributed by atoms with Crippen molar-refractivity contribution in [1.29, 1.82) is 0 Å². The van der Waals surface area contributed by atoms with Crippen molar-refractivity contribution in [2.75, 3.05) is 24.5 Å². The summed E-state index contributed by atoms with van der Waals surface area (Å²) in [5.41, 5.74) is 1.34. The molecule has 0 bridgehead atoms. The number of para-hydroxylation sites is 1. The molecule has 0 spiro atoms. The number of carbonyl (C=O) groups excluding carboxylic acids is 2. The van der Waals surface area contributed by atoms with E-state index in [2.05, 4.69) is 4.90 Å². The van der Waals surface area contributed by atoms with Gasteiger partial charge in [-0.2, -0.15) is 0 Å². The first-order valence-corrected chi connectivity index (χ1v) is 9.46. The quantitative estimate of drug-likeness (QED) is 0.726. The number of anilines is 1. The lowest BCUT2D eigenvalue weighted by Crippen LogP contribution is -2.48. The molecule has 4 nitrogen and oxygen atoms in total. The number of Topliss-reactive ketones (excluding diaryl/α,β-unsaturated/α-hetero) is 1. The molecule has 3 rings (SSSR count). The van der Waals surface area contributed by atoms with Crippen molar-refractivity contribution in [2.45, 2.75) is 32.2 Å². The number of amides is 1. The number of ketones is 1. The summed E-state index contributed by atoms with van der Waals surface area (Å²) < 4.78 is 13.3. The smallest absolute Gasteiger partial charge is 0.226 e. The summed E-state index contributed by atoms with van der Waals surface area (Å²) in [6.45, 7) is 3.65. The summed E-state index contributed by atoms with van der Waals surface area (Å²) in [7, 11) is 0. The summed E-state index contributed by atoms with van der Waals surface area (Å²) >= 11 is 0. The van der Waals surface area contributed by atoms with Gasteiger partial charge in [-0.25, -0.2) is 4.39 Å². The molecule has 0 atom stereocenters. The van der Waals surface area contributed by atoms with E-state index in [1.807, 2.05) is 42.2 Å². The predicted octanol–water partition coefficient (Wildman–Crippen LogP) is 3.92. The van der Waals surface area contributed by atoms with Crippen molar-refractivity contribution in [3.63, 3.8) is 0 Å². The molecule has 1 fully saturated rings. The molecular weight excluding hydrogens is 343 g/mol. The number of hydrogen-bond donors (Lipinski definition) is 0. The molecule has 1 heterocycles. The van der Waals surface area contributed by atoms with E-state index in [-0.39, 0.29) is 24.3 Å². The van der Waals surface area contributed by atoms with Crippen LogP contribution in [0.2, 0.25) is 0 Å². The van der Waals surface area contributed by atoms with Crippen LogP contribution in [0.1, 0.15) is 36.5 Å². The van der Waals surface area contributed by atoms with E-state index in [0.29, 0.717) is 12.0 Å². The van der Waals surface area contributed by atoms with Gasteiger partial charge in [-0.1, -0.05) is 37.3 Å². The Labute approximate surface area is 159 Å². The summed E-state index contributed by atoms with van der Waals surface area (Å²) in [6.07, 6.45) is 2.10. The Morgan fingerprint density at radius 1 is 1.07 bits per heavy atom. The lowest BCUT2D eigenvalue weighted by atomic mass is 10.0. The number of nitrogens with zero attached hydrogens (tertiary/aromatic N) is 2. The summed E-state index contributed by atoms with van der Waals surface area (Å²) in [6, 6.07) is 15.7. The molecule has 0 unspecified atom stereocenters. The molecule has 0 aromatic heterocycles. The molecule has 142 valence electrons. The standard InChI is InChI=1S/C22H25FN2O2/c1-2-22(27)25(19-9-4-3-5-10-19)20-11-13-24(14-12-20)16-21(26)17-7-6-8-18(23)15-17/h3-10,15,20H,2,11-14,16H2,1H3. The first-order valence-electron chi connectivity index (χ1n) is 9.46. The number of rotatable bonds is 6. The summed E-state index contributed by atoms with van der Waals surface area (Å²) in [4.78, 5) is 28.9. The van der Waals surface area contributed by atoms with Crippen LogP contribution in [0.3, 0.4) is 0 Å². The van der Waals surface area contributed by atoms with Gasteiger partial charge in [0.15, 0.2) is 5.78 Å². The highest BCUT2D eigenvalue weighted by atomic mass is 19.1. The fourth-order valence-electron chi connectivity index (χ4n) is 3.61. The third-order valence-corrected chi connectivity index (χ3v) is 5.04. The molecule has 0 radical (unpaired) electrons. The van der Waals surface area contributed by atoms with E-state index >= 15 is 0 Å². The Hall–Kier alpha value is -2.53. The van der Waals surface area contributed by atoms with Crippen LogP contribution >= 0.6 is 0 Å². The maximum absolute atomic E-state index is 13.3. The van der Waals surface area contributed by atoms with Gasteiger partial charge in [0.2, 0.25) is 5.91 Å². The van der Waals surface area contributed by atoms with Crippen LogP contribution in [-0.2, 0) is 4.79 Å². The number of carbonyl (C=O) groups is 2. The molecule has 0 aliphatic carbocycles. The highest BCUT2D eigenvalue weighted by molar-refractivity contribution is 5.97. The topological polar surface area (TPSA) is 40.6 Å². The van der Waals surface area contributed by atoms with Gasteiger partial charge < -0.3 is 4.90 Å². The Balaban J connectivity index is 1.61. The lowest BCUT2D eigenvalue weighted by Gasteiger charge is -2.38. The van der Waals surface area contributed by atoms with Crippen molar-refractivity contribution in [2.24, 2.45) is 0 Å². The van der Waals surface area contributed by atoms with E-state index in [9.17, 15) is 14.0 Å². The van der Waals surface area contributed by atoms with Crippen molar-refractivity contribution < 1.29 is 14.0 Å². The van der Waals surface area contributed by atoms with Gasteiger partial charge in [0.25, 0.3) is 0 Å². The number of halogens is 1. The second-order valence-corrected chi connectivity index (χ2v) is 6.89. The Morgan fingerprint density at radius 2 is 1.78 bits per heavy atom. The molecule has 1 aliphatic rings. The molecule has 0 saturated carbocycles. The van der Waals surface area contributed by atoms with Gasteiger partial charge in [0.05, 0.1) is 6.54 Å². The molecule has 1 saturated heterocycles. The third-order valence-electron chi connectivity index (χ3n) is 5.04. The number of benzene rings is 2. The molecule has 27 heavy (non-hydrogen) atoms. The van der Waals surface area contributed by atoms with Crippen molar-refractivity contribution in [3.05, 3.63) is 66.0 Å². The molecule has 5 heteroatoms. The van der Waals surface area contributed by atoms with Crippen molar-refractivity contribution >= 4 is 17.4 Å². The maximum Gasteiger partial charge on any atom is 0.226 e. The Bertz CT molecular complexity index is 786. The minimum absolute atomic E-state index is 0.0718. The molecule has 2 aromatic carbocycles. The molecule has 0 N–H and O–H groups in total. The van der Waals surface area contributed by atoms with Crippen molar-refractivity contribution in [3.8, 4) is 0 Å². The molecular formula is C22H25FN2O2. The first-order chi connectivity index (χ1) is 13.1. The SMILES string of the molecule is CCC(=O)N(c1ccccc1)C1CCN(CC(=O)c2cccc(F)c2)CC1. The van der Waals surface area contributed by atoms with Gasteiger partial charge in [-0.15, -0.1) is 0 Å². The van der Waals surface area contributed by atoms with Gasteiger partial charge in [-0.3, -0.25) is 14.5 Å². The van der Waals surface area contributed by atoms with E-state index < -0.39 is 5.82 Å². The molecule has 1 amide bonds. The van der Waals surface area contributed by atoms with Gasteiger partial charge in [0, 0.05) is 36.8 Å². The average Bonchev–Trinajstić information content (AvgIpc) is 2.70. The summed E-state index contributed by atoms with van der Waals surface area (Å²) in [5, 5.41) is 0. The Morgan fingerprint density at radius 3 is 2.41 bits per heavy atom. The second kappa shape index (κ2) is 8.91. The molecule has 2 aromatic rings. The maximum atomic E-state index is 13.3. The van der Waals surface area contributed by atoms with Gasteiger partial charge >= 0.3 is 0 Å². The minimum Gasteiger partial charge on any atom is -0.309 e. The van der Waals surface area contributed by atoms with Crippen LogP contribution in [0.25, 0.3) is 0 Å². The van der Waals surface area contributed by atoms with E-state index in [1.54, 1.807) is 12.1 Å². The van der Waals surface area contributed by atoms with Crippen LogP contribution in [0.15, 0.2) is 54.6 Å². The van der Waals surface area contributed by atoms with E-state index in [4.69, 9.17) is 0 Å². The van der Waals surface area contributed by atoms with Crippen LogP contribution < -0.4 is 4.90 Å². The van der Waals surface area contributed by atoms with Crippen LogP contribution in [-0.4, -0.2) is 42.3 Å². The minimum atomic E-state index is -0.392. The highest BCUT2D eigenvalue weighted by Gasteiger charge is 2.29. The fraction of sp³-hybridized carbons (Fsp3) is 0.364. The largest absolute Gasteiger partial charge is 0.309 e. The predicted molar refractivity (Wildman–Crippen MR) is 104 cm³/mol. The zero-order valence-corrected chi connectivity index (χ0v) is 15.6. The lowest BCUT2D eigenvalue weighted by molar-refractivity contribution is -0.119. The summed E-state index contributed by atoms with van der Waals surface area (Å²) in [5.74, 6) is -0.343. The van der Waals surface area contributed by atoms with Gasteiger partial charge in [-0.05, 0) is 37.1 Å². The normalized spacial score (nSPS) is 15.5. The average molecular weight is 368 g/mol. The van der Waals surface area contributed by atoms with Crippen LogP contribution in [0.4, 0.5) is 10.1 Å².